The topological polar surface area (TPSA) is 56.6 Å². The van der Waals surface area contributed by atoms with Gasteiger partial charge < -0.3 is 14.5 Å². The van der Waals surface area contributed by atoms with E-state index < -0.39 is 0 Å². The van der Waals surface area contributed by atoms with Crippen LogP contribution in [0.3, 0.4) is 0 Å². The van der Waals surface area contributed by atoms with Crippen molar-refractivity contribution < 1.29 is 9.53 Å². The number of hydrogen-bond acceptors (Lipinski definition) is 4. The molecule has 2 heterocycles. The molecule has 0 bridgehead atoms. The van der Waals surface area contributed by atoms with Crippen molar-refractivity contribution in [3.63, 3.8) is 0 Å². The Morgan fingerprint density at radius 1 is 1.33 bits per heavy atom. The van der Waals surface area contributed by atoms with Crippen LogP contribution in [0.2, 0.25) is 0 Å². The lowest BCUT2D eigenvalue weighted by Gasteiger charge is -2.24. The highest BCUT2D eigenvalue weighted by atomic mass is 16.5. The molecule has 21 heavy (non-hydrogen) atoms. The van der Waals surface area contributed by atoms with Crippen LogP contribution < -0.4 is 0 Å². The zero-order valence-electron chi connectivity index (χ0n) is 12.3. The average Bonchev–Trinajstić information content (AvgIpc) is 3.08. The molecule has 0 saturated carbocycles. The number of nitrogens with zero attached hydrogens (tertiary/aromatic N) is 3. The molecule has 3 atom stereocenters. The Morgan fingerprint density at radius 3 is 2.67 bits per heavy atom. The third-order valence-corrected chi connectivity index (χ3v) is 4.56. The van der Waals surface area contributed by atoms with Gasteiger partial charge in [0.25, 0.3) is 5.91 Å². The molecule has 1 aromatic carbocycles. The molecule has 2 aliphatic rings. The molecule has 0 aliphatic carbocycles. The SMILES string of the molecule is CN(C)[C@@H]1CN(C(=O)c2ccc(C#N)cc2)[C@@H]2COC[C@H]12. The van der Waals surface area contributed by atoms with Gasteiger partial charge in [0.1, 0.15) is 0 Å². The van der Waals surface area contributed by atoms with Crippen LogP contribution in [-0.2, 0) is 4.74 Å². The fourth-order valence-corrected chi connectivity index (χ4v) is 3.35. The lowest BCUT2D eigenvalue weighted by atomic mass is 9.99. The maximum Gasteiger partial charge on any atom is 0.254 e. The summed E-state index contributed by atoms with van der Waals surface area (Å²) < 4.78 is 5.58. The number of likely N-dealkylation sites (tertiary alicyclic amines) is 1. The third-order valence-electron chi connectivity index (χ3n) is 4.56. The van der Waals surface area contributed by atoms with E-state index >= 15 is 0 Å². The van der Waals surface area contributed by atoms with Crippen LogP contribution in [0, 0.1) is 17.2 Å². The van der Waals surface area contributed by atoms with Crippen molar-refractivity contribution in [1.29, 1.82) is 5.26 Å². The number of nitriles is 1. The molecule has 5 nitrogen and oxygen atoms in total. The molecule has 1 amide bonds. The first-order chi connectivity index (χ1) is 10.1. The standard InChI is InChI=1S/C16H19N3O2/c1-18(2)14-8-19(15-10-21-9-13(14)15)16(20)12-5-3-11(7-17)4-6-12/h3-6,13-15H,8-10H2,1-2H3/t13-,14-,15-/m1/s1. The normalized spacial score (nSPS) is 27.7. The van der Waals surface area contributed by atoms with E-state index in [1.807, 2.05) is 4.90 Å². The van der Waals surface area contributed by atoms with Gasteiger partial charge in [-0.2, -0.15) is 5.26 Å². The second-order valence-corrected chi connectivity index (χ2v) is 5.95. The molecule has 2 saturated heterocycles. The summed E-state index contributed by atoms with van der Waals surface area (Å²) in [6.45, 7) is 2.09. The van der Waals surface area contributed by atoms with Crippen LogP contribution in [0.1, 0.15) is 15.9 Å². The van der Waals surface area contributed by atoms with Crippen molar-refractivity contribution in [2.45, 2.75) is 12.1 Å². The Morgan fingerprint density at radius 2 is 2.05 bits per heavy atom. The van der Waals surface area contributed by atoms with E-state index in [1.54, 1.807) is 24.3 Å². The van der Waals surface area contributed by atoms with Crippen LogP contribution in [0.25, 0.3) is 0 Å². The quantitative estimate of drug-likeness (QED) is 0.812. The zero-order valence-corrected chi connectivity index (χ0v) is 12.3. The Labute approximate surface area is 124 Å². The van der Waals surface area contributed by atoms with Gasteiger partial charge in [-0.1, -0.05) is 0 Å². The van der Waals surface area contributed by atoms with Crippen molar-refractivity contribution in [2.24, 2.45) is 5.92 Å². The fourth-order valence-electron chi connectivity index (χ4n) is 3.35. The fraction of sp³-hybridized carbons (Fsp3) is 0.500. The van der Waals surface area contributed by atoms with E-state index in [0.29, 0.717) is 29.7 Å². The van der Waals surface area contributed by atoms with Gasteiger partial charge in [0, 0.05) is 24.1 Å². The Hall–Kier alpha value is -1.90. The number of rotatable bonds is 2. The molecule has 0 unspecified atom stereocenters. The highest BCUT2D eigenvalue weighted by molar-refractivity contribution is 5.94. The van der Waals surface area contributed by atoms with E-state index in [-0.39, 0.29) is 11.9 Å². The van der Waals surface area contributed by atoms with Crippen LogP contribution in [0.5, 0.6) is 0 Å². The number of likely N-dealkylation sites (N-methyl/N-ethyl adjacent to an activating group) is 1. The molecule has 0 radical (unpaired) electrons. The molecule has 5 heteroatoms. The van der Waals surface area contributed by atoms with Crippen molar-refractivity contribution in [1.82, 2.24) is 9.80 Å². The Bertz CT molecular complexity index is 576. The van der Waals surface area contributed by atoms with E-state index in [9.17, 15) is 4.79 Å². The summed E-state index contributed by atoms with van der Waals surface area (Å²) in [6.07, 6.45) is 0. The highest BCUT2D eigenvalue weighted by Gasteiger charge is 2.48. The Balaban J connectivity index is 1.82. The molecule has 0 spiro atoms. The highest BCUT2D eigenvalue weighted by Crippen LogP contribution is 2.33. The van der Waals surface area contributed by atoms with Gasteiger partial charge in [-0.25, -0.2) is 0 Å². The summed E-state index contributed by atoms with van der Waals surface area (Å²) in [5.41, 5.74) is 1.21. The Kier molecular flexibility index (Phi) is 3.66. The van der Waals surface area contributed by atoms with E-state index in [2.05, 4.69) is 25.1 Å². The lowest BCUT2D eigenvalue weighted by Crippen LogP contribution is -2.38. The van der Waals surface area contributed by atoms with Crippen molar-refractivity contribution in [3.8, 4) is 6.07 Å². The van der Waals surface area contributed by atoms with Crippen molar-refractivity contribution in [3.05, 3.63) is 35.4 Å². The molecule has 2 fully saturated rings. The first-order valence-corrected chi connectivity index (χ1v) is 7.17. The largest absolute Gasteiger partial charge is 0.379 e. The van der Waals surface area contributed by atoms with E-state index in [1.165, 1.54) is 0 Å². The van der Waals surface area contributed by atoms with Gasteiger partial charge >= 0.3 is 0 Å². The van der Waals surface area contributed by atoms with Gasteiger partial charge in [0.15, 0.2) is 0 Å². The number of fused-ring (bicyclic) bond motifs is 1. The van der Waals surface area contributed by atoms with Gasteiger partial charge in [-0.3, -0.25) is 4.79 Å². The number of benzene rings is 1. The van der Waals surface area contributed by atoms with Crippen LogP contribution >= 0.6 is 0 Å². The molecule has 1 aromatic rings. The number of carbonyl (C=O) groups is 1. The summed E-state index contributed by atoms with van der Waals surface area (Å²) in [7, 11) is 4.10. The number of carbonyl (C=O) groups excluding carboxylic acids is 1. The summed E-state index contributed by atoms with van der Waals surface area (Å²) in [5.74, 6) is 0.423. The van der Waals surface area contributed by atoms with Crippen LogP contribution in [0.15, 0.2) is 24.3 Å². The average molecular weight is 285 g/mol. The molecular weight excluding hydrogens is 266 g/mol. The predicted octanol–water partition coefficient (Wildman–Crippen LogP) is 0.959. The summed E-state index contributed by atoms with van der Waals surface area (Å²) in [4.78, 5) is 16.8. The van der Waals surface area contributed by atoms with Crippen molar-refractivity contribution in [2.75, 3.05) is 33.9 Å². The molecule has 2 aliphatic heterocycles. The monoisotopic (exact) mass is 285 g/mol. The number of ether oxygens (including phenoxy) is 1. The molecule has 0 N–H and O–H groups in total. The molecule has 110 valence electrons. The smallest absolute Gasteiger partial charge is 0.254 e. The molecule has 3 rings (SSSR count). The lowest BCUT2D eigenvalue weighted by molar-refractivity contribution is 0.0677. The maximum absolute atomic E-state index is 12.7. The van der Waals surface area contributed by atoms with Crippen LogP contribution in [-0.4, -0.2) is 61.6 Å². The predicted molar refractivity (Wildman–Crippen MR) is 77.8 cm³/mol. The maximum atomic E-state index is 12.7. The minimum absolute atomic E-state index is 0.0318. The summed E-state index contributed by atoms with van der Waals surface area (Å²) in [5, 5.41) is 8.83. The molecule has 0 aromatic heterocycles. The second-order valence-electron chi connectivity index (χ2n) is 5.95. The van der Waals surface area contributed by atoms with Crippen LogP contribution in [0.4, 0.5) is 0 Å². The van der Waals surface area contributed by atoms with Gasteiger partial charge in [-0.05, 0) is 38.4 Å². The van der Waals surface area contributed by atoms with Crippen molar-refractivity contribution >= 4 is 5.91 Å². The minimum Gasteiger partial charge on any atom is -0.379 e. The summed E-state index contributed by atoms with van der Waals surface area (Å²) in [6, 6.07) is 9.43. The van der Waals surface area contributed by atoms with Gasteiger partial charge in [-0.15, -0.1) is 0 Å². The number of amides is 1. The first-order valence-electron chi connectivity index (χ1n) is 7.17. The van der Waals surface area contributed by atoms with Gasteiger partial charge in [0.05, 0.1) is 30.9 Å². The van der Waals surface area contributed by atoms with E-state index in [0.717, 1.165) is 13.2 Å². The minimum atomic E-state index is 0.0318. The third kappa shape index (κ3) is 2.41. The number of hydrogen-bond donors (Lipinski definition) is 0. The van der Waals surface area contributed by atoms with E-state index in [4.69, 9.17) is 10.00 Å². The zero-order chi connectivity index (χ0) is 15.0. The molecular formula is C16H19N3O2. The first kappa shape index (κ1) is 14.1. The second kappa shape index (κ2) is 5.47. The van der Waals surface area contributed by atoms with Gasteiger partial charge in [0.2, 0.25) is 0 Å². The summed E-state index contributed by atoms with van der Waals surface area (Å²) >= 11 is 0.